The zero-order valence-corrected chi connectivity index (χ0v) is 7.28. The van der Waals surface area contributed by atoms with Crippen LogP contribution in [0, 0.1) is 0 Å². The van der Waals surface area contributed by atoms with Crippen LogP contribution in [0.25, 0.3) is 5.76 Å². The van der Waals surface area contributed by atoms with Crippen LogP contribution in [0.4, 0.5) is 0 Å². The molecule has 0 saturated heterocycles. The van der Waals surface area contributed by atoms with Gasteiger partial charge in [-0.25, -0.2) is 4.79 Å². The van der Waals surface area contributed by atoms with Gasteiger partial charge in [0, 0.05) is 5.56 Å². The number of carbonyl (C=O) groups is 1. The fourth-order valence-electron chi connectivity index (χ4n) is 0.944. The van der Waals surface area contributed by atoms with E-state index in [-0.39, 0.29) is 5.56 Å². The maximum absolute atomic E-state index is 10.6. The van der Waals surface area contributed by atoms with Gasteiger partial charge in [-0.05, 0) is 12.1 Å². The fraction of sp³-hybridized carbons (Fsp3) is 0.100. The van der Waals surface area contributed by atoms with Crippen molar-refractivity contribution in [1.29, 1.82) is 0 Å². The van der Waals surface area contributed by atoms with Crippen LogP contribution >= 0.6 is 0 Å². The SMILES string of the molecule is C=C(OC)c1cccc(C(=O)O)c1. The second-order valence-corrected chi connectivity index (χ2v) is 2.51. The molecule has 68 valence electrons. The van der Waals surface area contributed by atoms with Gasteiger partial charge < -0.3 is 9.84 Å². The normalized spacial score (nSPS) is 9.31. The first-order chi connectivity index (χ1) is 6.15. The van der Waals surface area contributed by atoms with Gasteiger partial charge in [-0.3, -0.25) is 0 Å². The van der Waals surface area contributed by atoms with Crippen LogP contribution in [0.15, 0.2) is 30.8 Å². The lowest BCUT2D eigenvalue weighted by Gasteiger charge is -2.04. The summed E-state index contributed by atoms with van der Waals surface area (Å²) < 4.78 is 4.88. The summed E-state index contributed by atoms with van der Waals surface area (Å²) in [6, 6.07) is 6.45. The lowest BCUT2D eigenvalue weighted by molar-refractivity contribution is 0.0697. The fourth-order valence-corrected chi connectivity index (χ4v) is 0.944. The summed E-state index contributed by atoms with van der Waals surface area (Å²) in [5.74, 6) is -0.492. The first-order valence-electron chi connectivity index (χ1n) is 3.72. The predicted octanol–water partition coefficient (Wildman–Crippen LogP) is 2.00. The van der Waals surface area contributed by atoms with Crippen molar-refractivity contribution in [2.75, 3.05) is 7.11 Å². The number of ether oxygens (including phenoxy) is 1. The number of aromatic carboxylic acids is 1. The maximum atomic E-state index is 10.6. The van der Waals surface area contributed by atoms with Crippen molar-refractivity contribution < 1.29 is 14.6 Å². The molecule has 0 saturated carbocycles. The summed E-state index contributed by atoms with van der Waals surface area (Å²) in [5, 5.41) is 8.69. The van der Waals surface area contributed by atoms with E-state index in [1.165, 1.54) is 19.2 Å². The van der Waals surface area contributed by atoms with Gasteiger partial charge in [0.2, 0.25) is 0 Å². The number of rotatable bonds is 3. The summed E-state index contributed by atoms with van der Waals surface area (Å²) in [4.78, 5) is 10.6. The van der Waals surface area contributed by atoms with Gasteiger partial charge in [-0.1, -0.05) is 18.7 Å². The van der Waals surface area contributed by atoms with Crippen molar-refractivity contribution in [2.45, 2.75) is 0 Å². The number of carboxylic acid groups (broad SMARTS) is 1. The molecule has 0 atom stereocenters. The van der Waals surface area contributed by atoms with E-state index in [1.807, 2.05) is 0 Å². The van der Waals surface area contributed by atoms with Gasteiger partial charge in [-0.15, -0.1) is 0 Å². The smallest absolute Gasteiger partial charge is 0.335 e. The highest BCUT2D eigenvalue weighted by molar-refractivity contribution is 5.88. The molecule has 13 heavy (non-hydrogen) atoms. The molecule has 0 fully saturated rings. The van der Waals surface area contributed by atoms with Crippen molar-refractivity contribution in [3.8, 4) is 0 Å². The standard InChI is InChI=1S/C10H10O3/c1-7(13-2)8-4-3-5-9(6-8)10(11)12/h3-6H,1H2,2H3,(H,11,12). The molecule has 0 aliphatic carbocycles. The molecule has 0 spiro atoms. The van der Waals surface area contributed by atoms with Crippen LogP contribution in [0.1, 0.15) is 15.9 Å². The Morgan fingerprint density at radius 1 is 1.46 bits per heavy atom. The molecule has 0 amide bonds. The molecule has 0 aromatic heterocycles. The Morgan fingerprint density at radius 2 is 2.08 bits per heavy atom. The lowest BCUT2D eigenvalue weighted by atomic mass is 10.1. The van der Waals surface area contributed by atoms with Gasteiger partial charge in [-0.2, -0.15) is 0 Å². The Balaban J connectivity index is 3.05. The molecule has 0 heterocycles. The Morgan fingerprint density at radius 3 is 2.62 bits per heavy atom. The molecule has 1 rings (SSSR count). The minimum absolute atomic E-state index is 0.232. The van der Waals surface area contributed by atoms with E-state index in [9.17, 15) is 4.79 Å². The number of benzene rings is 1. The van der Waals surface area contributed by atoms with Gasteiger partial charge >= 0.3 is 5.97 Å². The topological polar surface area (TPSA) is 46.5 Å². The third kappa shape index (κ3) is 2.08. The second kappa shape index (κ2) is 3.76. The zero-order chi connectivity index (χ0) is 9.84. The van der Waals surface area contributed by atoms with Crippen LogP contribution in [0.3, 0.4) is 0 Å². The summed E-state index contributed by atoms with van der Waals surface area (Å²) in [5.41, 5.74) is 0.915. The Labute approximate surface area is 76.3 Å². The highest BCUT2D eigenvalue weighted by Crippen LogP contribution is 2.14. The molecule has 1 N–H and O–H groups in total. The first-order valence-corrected chi connectivity index (χ1v) is 3.72. The van der Waals surface area contributed by atoms with Gasteiger partial charge in [0.15, 0.2) is 0 Å². The molecule has 0 bridgehead atoms. The Kier molecular flexibility index (Phi) is 2.69. The minimum Gasteiger partial charge on any atom is -0.497 e. The summed E-state index contributed by atoms with van der Waals surface area (Å²) >= 11 is 0. The van der Waals surface area contributed by atoms with Crippen LogP contribution in [-0.4, -0.2) is 18.2 Å². The van der Waals surface area contributed by atoms with Crippen molar-refractivity contribution in [1.82, 2.24) is 0 Å². The number of methoxy groups -OCH3 is 1. The molecule has 3 heteroatoms. The number of hydrogen-bond donors (Lipinski definition) is 1. The largest absolute Gasteiger partial charge is 0.497 e. The van der Waals surface area contributed by atoms with E-state index >= 15 is 0 Å². The highest BCUT2D eigenvalue weighted by Gasteiger charge is 2.04. The molecular formula is C10H10O3. The highest BCUT2D eigenvalue weighted by atomic mass is 16.5. The van der Waals surface area contributed by atoms with E-state index in [1.54, 1.807) is 12.1 Å². The zero-order valence-electron chi connectivity index (χ0n) is 7.28. The predicted molar refractivity (Wildman–Crippen MR) is 49.4 cm³/mol. The third-order valence-corrected chi connectivity index (χ3v) is 1.68. The molecule has 0 radical (unpaired) electrons. The quantitative estimate of drug-likeness (QED) is 0.720. The van der Waals surface area contributed by atoms with E-state index in [0.29, 0.717) is 11.3 Å². The second-order valence-electron chi connectivity index (χ2n) is 2.51. The third-order valence-electron chi connectivity index (χ3n) is 1.68. The lowest BCUT2D eigenvalue weighted by Crippen LogP contribution is -1.97. The van der Waals surface area contributed by atoms with Gasteiger partial charge in [0.25, 0.3) is 0 Å². The van der Waals surface area contributed by atoms with E-state index in [4.69, 9.17) is 9.84 Å². The van der Waals surface area contributed by atoms with Crippen LogP contribution in [-0.2, 0) is 4.74 Å². The van der Waals surface area contributed by atoms with E-state index in [0.717, 1.165) is 0 Å². The van der Waals surface area contributed by atoms with Gasteiger partial charge in [0.1, 0.15) is 5.76 Å². The first kappa shape index (κ1) is 9.32. The number of carboxylic acids is 1. The Bertz CT molecular complexity index is 342. The summed E-state index contributed by atoms with van der Waals surface area (Å²) in [7, 11) is 1.50. The van der Waals surface area contributed by atoms with E-state index in [2.05, 4.69) is 6.58 Å². The average Bonchev–Trinajstić information content (AvgIpc) is 2.17. The monoisotopic (exact) mass is 178 g/mol. The molecular weight excluding hydrogens is 168 g/mol. The van der Waals surface area contributed by atoms with Crippen LogP contribution in [0.2, 0.25) is 0 Å². The molecule has 1 aromatic carbocycles. The van der Waals surface area contributed by atoms with Crippen LogP contribution in [0.5, 0.6) is 0 Å². The summed E-state index contributed by atoms with van der Waals surface area (Å²) in [6.07, 6.45) is 0. The number of hydrogen-bond acceptors (Lipinski definition) is 2. The van der Waals surface area contributed by atoms with E-state index < -0.39 is 5.97 Å². The minimum atomic E-state index is -0.953. The molecule has 0 unspecified atom stereocenters. The molecule has 0 aliphatic heterocycles. The molecule has 3 nitrogen and oxygen atoms in total. The van der Waals surface area contributed by atoms with Crippen molar-refractivity contribution in [3.63, 3.8) is 0 Å². The molecule has 1 aromatic rings. The molecule has 0 aliphatic rings. The van der Waals surface area contributed by atoms with Crippen molar-refractivity contribution in [2.24, 2.45) is 0 Å². The van der Waals surface area contributed by atoms with Crippen molar-refractivity contribution in [3.05, 3.63) is 42.0 Å². The van der Waals surface area contributed by atoms with Crippen LogP contribution < -0.4 is 0 Å². The maximum Gasteiger partial charge on any atom is 0.335 e. The Hall–Kier alpha value is -1.77. The summed E-state index contributed by atoms with van der Waals surface area (Å²) in [6.45, 7) is 3.63. The van der Waals surface area contributed by atoms with Crippen molar-refractivity contribution >= 4 is 11.7 Å². The average molecular weight is 178 g/mol. The van der Waals surface area contributed by atoms with Gasteiger partial charge in [0.05, 0.1) is 12.7 Å².